The summed E-state index contributed by atoms with van der Waals surface area (Å²) in [7, 11) is 1.62. The van der Waals surface area contributed by atoms with E-state index >= 15 is 0 Å². The lowest BCUT2D eigenvalue weighted by atomic mass is 10.1. The van der Waals surface area contributed by atoms with Gasteiger partial charge >= 0.3 is 6.03 Å². The third-order valence-electron chi connectivity index (χ3n) is 2.96. The first-order chi connectivity index (χ1) is 8.67. The van der Waals surface area contributed by atoms with E-state index in [2.05, 4.69) is 4.99 Å². The van der Waals surface area contributed by atoms with Crippen LogP contribution in [0.3, 0.4) is 0 Å². The van der Waals surface area contributed by atoms with E-state index in [1.807, 2.05) is 31.2 Å². The van der Waals surface area contributed by atoms with Gasteiger partial charge in [-0.1, -0.05) is 19.1 Å². The molecule has 18 heavy (non-hydrogen) atoms. The molecule has 1 aromatic rings. The monoisotopic (exact) mass is 247 g/mol. The fourth-order valence-electron chi connectivity index (χ4n) is 2.11. The number of aliphatic imine (C=N–C) groups is 1. The van der Waals surface area contributed by atoms with Crippen molar-refractivity contribution in [2.24, 2.45) is 10.7 Å². The number of urea groups is 1. The van der Waals surface area contributed by atoms with Crippen LogP contribution in [0.2, 0.25) is 0 Å². The number of hydrogen-bond donors (Lipinski definition) is 1. The fraction of sp³-hybridized carbons (Fsp3) is 0.385. The molecular weight excluding hydrogens is 230 g/mol. The van der Waals surface area contributed by atoms with E-state index in [4.69, 9.17) is 10.5 Å². The summed E-state index contributed by atoms with van der Waals surface area (Å²) in [5.41, 5.74) is 6.80. The van der Waals surface area contributed by atoms with E-state index in [1.54, 1.807) is 12.0 Å². The maximum atomic E-state index is 11.7. The highest BCUT2D eigenvalue weighted by Crippen LogP contribution is 2.28. The molecule has 0 saturated carbocycles. The van der Waals surface area contributed by atoms with Crippen LogP contribution in [0.4, 0.5) is 4.79 Å². The van der Waals surface area contributed by atoms with Gasteiger partial charge in [-0.3, -0.25) is 0 Å². The fourth-order valence-corrected chi connectivity index (χ4v) is 2.11. The number of amidine groups is 1. The molecule has 1 heterocycles. The van der Waals surface area contributed by atoms with Crippen LogP contribution in [-0.4, -0.2) is 30.4 Å². The number of nitrogens with two attached hydrogens (primary N) is 1. The smallest absolute Gasteiger partial charge is 0.346 e. The van der Waals surface area contributed by atoms with Gasteiger partial charge in [-0.25, -0.2) is 4.79 Å². The van der Waals surface area contributed by atoms with E-state index < -0.39 is 0 Å². The lowest BCUT2D eigenvalue weighted by Crippen LogP contribution is -2.33. The van der Waals surface area contributed by atoms with Crippen molar-refractivity contribution in [2.75, 3.05) is 13.7 Å². The van der Waals surface area contributed by atoms with E-state index in [0.717, 1.165) is 17.7 Å². The Balaban J connectivity index is 2.28. The second-order valence-corrected chi connectivity index (χ2v) is 4.19. The van der Waals surface area contributed by atoms with E-state index in [9.17, 15) is 4.79 Å². The Morgan fingerprint density at radius 2 is 2.06 bits per heavy atom. The van der Waals surface area contributed by atoms with Crippen LogP contribution < -0.4 is 10.5 Å². The number of ether oxygens (including phenoxy) is 1. The molecule has 1 aromatic carbocycles. The molecule has 0 fully saturated rings. The minimum atomic E-state index is -0.254. The number of hydrogen-bond acceptors (Lipinski definition) is 3. The summed E-state index contributed by atoms with van der Waals surface area (Å²) in [5, 5.41) is 0. The van der Waals surface area contributed by atoms with Gasteiger partial charge in [-0.2, -0.15) is 4.99 Å². The highest BCUT2D eigenvalue weighted by molar-refractivity contribution is 6.03. The van der Waals surface area contributed by atoms with E-state index in [-0.39, 0.29) is 12.1 Å². The van der Waals surface area contributed by atoms with Crippen LogP contribution in [-0.2, 0) is 0 Å². The van der Waals surface area contributed by atoms with Crippen LogP contribution in [0.1, 0.15) is 24.9 Å². The van der Waals surface area contributed by atoms with E-state index in [1.165, 1.54) is 0 Å². The van der Waals surface area contributed by atoms with Crippen LogP contribution in [0.15, 0.2) is 29.3 Å². The molecule has 2 amide bonds. The molecule has 0 bridgehead atoms. The molecule has 5 heteroatoms. The van der Waals surface area contributed by atoms with Gasteiger partial charge in [0.15, 0.2) is 0 Å². The van der Waals surface area contributed by atoms with Crippen molar-refractivity contribution in [3.8, 4) is 5.75 Å². The highest BCUT2D eigenvalue weighted by Gasteiger charge is 2.33. The van der Waals surface area contributed by atoms with Gasteiger partial charge in [0.25, 0.3) is 0 Å². The number of amides is 2. The van der Waals surface area contributed by atoms with Gasteiger partial charge in [0.1, 0.15) is 17.6 Å². The van der Waals surface area contributed by atoms with Crippen molar-refractivity contribution in [1.82, 2.24) is 4.90 Å². The van der Waals surface area contributed by atoms with Crippen molar-refractivity contribution in [2.45, 2.75) is 19.4 Å². The Bertz CT molecular complexity index is 468. The zero-order valence-corrected chi connectivity index (χ0v) is 10.6. The minimum Gasteiger partial charge on any atom is -0.497 e. The summed E-state index contributed by atoms with van der Waals surface area (Å²) in [5.74, 6) is 1.14. The number of carbonyl (C=O) groups excluding carboxylic acids is 1. The summed E-state index contributed by atoms with van der Waals surface area (Å²) in [6.45, 7) is 2.67. The molecule has 1 unspecified atom stereocenters. The molecule has 2 rings (SSSR count). The normalized spacial score (nSPS) is 19.0. The standard InChI is InChI=1S/C13H17N3O2/c1-3-8-16-11(12(14)15-13(16)17)9-4-6-10(18-2)7-5-9/h4-7,11H,3,8H2,1-2H3,(H2,14,15,17). The quantitative estimate of drug-likeness (QED) is 0.884. The van der Waals surface area contributed by atoms with Crippen molar-refractivity contribution in [1.29, 1.82) is 0 Å². The molecule has 0 aromatic heterocycles. The van der Waals surface area contributed by atoms with Gasteiger partial charge in [0.2, 0.25) is 0 Å². The minimum absolute atomic E-state index is 0.247. The summed E-state index contributed by atoms with van der Waals surface area (Å²) in [6, 6.07) is 7.03. The first-order valence-electron chi connectivity index (χ1n) is 5.96. The second-order valence-electron chi connectivity index (χ2n) is 4.19. The van der Waals surface area contributed by atoms with Crippen LogP contribution in [0.25, 0.3) is 0 Å². The van der Waals surface area contributed by atoms with Gasteiger partial charge in [-0.15, -0.1) is 0 Å². The van der Waals surface area contributed by atoms with Crippen molar-refractivity contribution < 1.29 is 9.53 Å². The number of nitrogens with zero attached hydrogens (tertiary/aromatic N) is 2. The molecule has 5 nitrogen and oxygen atoms in total. The molecule has 96 valence electrons. The summed E-state index contributed by atoms with van der Waals surface area (Å²) < 4.78 is 5.11. The summed E-state index contributed by atoms with van der Waals surface area (Å²) >= 11 is 0. The molecule has 0 spiro atoms. The van der Waals surface area contributed by atoms with Crippen molar-refractivity contribution >= 4 is 11.9 Å². The number of rotatable bonds is 4. The number of methoxy groups -OCH3 is 1. The molecule has 1 aliphatic heterocycles. The Hall–Kier alpha value is -2.04. The molecule has 1 atom stereocenters. The lowest BCUT2D eigenvalue weighted by Gasteiger charge is -2.24. The third-order valence-corrected chi connectivity index (χ3v) is 2.96. The molecule has 0 radical (unpaired) electrons. The molecular formula is C13H17N3O2. The largest absolute Gasteiger partial charge is 0.497 e. The Morgan fingerprint density at radius 1 is 1.39 bits per heavy atom. The molecule has 2 N–H and O–H groups in total. The first-order valence-corrected chi connectivity index (χ1v) is 5.96. The van der Waals surface area contributed by atoms with Gasteiger partial charge in [0, 0.05) is 6.54 Å². The maximum absolute atomic E-state index is 11.7. The van der Waals surface area contributed by atoms with E-state index in [0.29, 0.717) is 12.4 Å². The Morgan fingerprint density at radius 3 is 2.61 bits per heavy atom. The topological polar surface area (TPSA) is 67.9 Å². The Kier molecular flexibility index (Phi) is 3.50. The number of carbonyl (C=O) groups is 1. The average molecular weight is 247 g/mol. The van der Waals surface area contributed by atoms with Gasteiger partial charge < -0.3 is 15.4 Å². The third kappa shape index (κ3) is 2.16. The number of benzene rings is 1. The first kappa shape index (κ1) is 12.4. The molecule has 1 aliphatic rings. The van der Waals surface area contributed by atoms with Crippen LogP contribution in [0.5, 0.6) is 5.75 Å². The lowest BCUT2D eigenvalue weighted by molar-refractivity contribution is 0.206. The predicted molar refractivity (Wildman–Crippen MR) is 69.8 cm³/mol. The zero-order chi connectivity index (χ0) is 13.1. The highest BCUT2D eigenvalue weighted by atomic mass is 16.5. The zero-order valence-electron chi connectivity index (χ0n) is 10.6. The average Bonchev–Trinajstić information content (AvgIpc) is 2.65. The SMILES string of the molecule is CCCN1C(=O)N=C(N)C1c1ccc(OC)cc1. The van der Waals surface area contributed by atoms with Crippen molar-refractivity contribution in [3.63, 3.8) is 0 Å². The van der Waals surface area contributed by atoms with Crippen molar-refractivity contribution in [3.05, 3.63) is 29.8 Å². The molecule has 0 aliphatic carbocycles. The molecule has 0 saturated heterocycles. The van der Waals surface area contributed by atoms with Crippen LogP contribution in [0, 0.1) is 0 Å². The summed E-state index contributed by atoms with van der Waals surface area (Å²) in [6.07, 6.45) is 0.876. The Labute approximate surface area is 106 Å². The predicted octanol–water partition coefficient (Wildman–Crippen LogP) is 1.94. The van der Waals surface area contributed by atoms with Gasteiger partial charge in [0.05, 0.1) is 7.11 Å². The second kappa shape index (κ2) is 5.08. The van der Waals surface area contributed by atoms with Gasteiger partial charge in [-0.05, 0) is 24.1 Å². The van der Waals surface area contributed by atoms with Crippen LogP contribution >= 0.6 is 0 Å². The maximum Gasteiger partial charge on any atom is 0.346 e. The summed E-state index contributed by atoms with van der Waals surface area (Å²) in [4.78, 5) is 17.2.